The molecule has 0 unspecified atom stereocenters. The van der Waals surface area contributed by atoms with Gasteiger partial charge >= 0.3 is 5.97 Å². The minimum absolute atomic E-state index is 0.0224. The van der Waals surface area contributed by atoms with Crippen molar-refractivity contribution >= 4 is 15.8 Å². The van der Waals surface area contributed by atoms with Crippen molar-refractivity contribution in [2.45, 2.75) is 19.1 Å². The van der Waals surface area contributed by atoms with Crippen molar-refractivity contribution in [3.05, 3.63) is 24.0 Å². The maximum atomic E-state index is 11.5. The van der Waals surface area contributed by atoms with Gasteiger partial charge in [-0.15, -0.1) is 0 Å². The van der Waals surface area contributed by atoms with Crippen LogP contribution in [0.15, 0.2) is 18.3 Å². The molecule has 0 aliphatic carbocycles. The lowest BCUT2D eigenvalue weighted by molar-refractivity contribution is 0.0690. The van der Waals surface area contributed by atoms with Gasteiger partial charge in [0.2, 0.25) is 0 Å². The first-order valence-electron chi connectivity index (χ1n) is 5.36. The molecular weight excluding hydrogens is 258 g/mol. The Bertz CT molecular complexity index is 507. The number of aromatic nitrogens is 1. The third-order valence-electron chi connectivity index (χ3n) is 2.31. The Morgan fingerprint density at radius 3 is 2.56 bits per heavy atom. The lowest BCUT2D eigenvalue weighted by atomic mass is 10.3. The Balaban J connectivity index is 2.52. The van der Waals surface area contributed by atoms with Crippen LogP contribution in [-0.2, 0) is 9.84 Å². The second-order valence-electron chi connectivity index (χ2n) is 3.95. The van der Waals surface area contributed by atoms with Crippen molar-refractivity contribution in [1.82, 2.24) is 4.98 Å². The first-order valence-corrected chi connectivity index (χ1v) is 7.08. The summed E-state index contributed by atoms with van der Waals surface area (Å²) < 4.78 is 28.2. The van der Waals surface area contributed by atoms with E-state index in [1.54, 1.807) is 13.8 Å². The highest BCUT2D eigenvalue weighted by molar-refractivity contribution is 7.91. The Kier molecular flexibility index (Phi) is 4.66. The van der Waals surface area contributed by atoms with Crippen LogP contribution in [0.2, 0.25) is 0 Å². The number of carboxylic acids is 1. The summed E-state index contributed by atoms with van der Waals surface area (Å²) in [5, 5.41) is 8.20. The van der Waals surface area contributed by atoms with Gasteiger partial charge in [0.05, 0.1) is 17.2 Å². The van der Waals surface area contributed by atoms with Gasteiger partial charge in [0.25, 0.3) is 0 Å². The summed E-state index contributed by atoms with van der Waals surface area (Å²) in [6, 6.07) is 2.74. The van der Waals surface area contributed by atoms with Crippen LogP contribution < -0.4 is 4.74 Å². The average Bonchev–Trinajstić information content (AvgIpc) is 2.29. The van der Waals surface area contributed by atoms with Crippen LogP contribution in [0, 0.1) is 0 Å². The zero-order valence-electron chi connectivity index (χ0n) is 10.2. The molecule has 7 heteroatoms. The van der Waals surface area contributed by atoms with Crippen LogP contribution in [0.1, 0.15) is 24.3 Å². The number of hydrogen-bond donors (Lipinski definition) is 1. The summed E-state index contributed by atoms with van der Waals surface area (Å²) in [6.07, 6.45) is 1.26. The van der Waals surface area contributed by atoms with Gasteiger partial charge in [0.15, 0.2) is 9.84 Å². The minimum Gasteiger partial charge on any atom is -0.491 e. The molecule has 0 aliphatic heterocycles. The topological polar surface area (TPSA) is 93.6 Å². The zero-order chi connectivity index (χ0) is 13.8. The number of pyridine rings is 1. The smallest absolute Gasteiger partial charge is 0.354 e. The van der Waals surface area contributed by atoms with Crippen molar-refractivity contribution in [2.24, 2.45) is 0 Å². The fourth-order valence-electron chi connectivity index (χ4n) is 1.10. The number of rotatable bonds is 6. The Morgan fingerprint density at radius 2 is 2.11 bits per heavy atom. The Hall–Kier alpha value is -1.63. The second kappa shape index (κ2) is 5.81. The van der Waals surface area contributed by atoms with Crippen LogP contribution in [-0.4, -0.2) is 42.1 Å². The highest BCUT2D eigenvalue weighted by Crippen LogP contribution is 2.10. The van der Waals surface area contributed by atoms with Gasteiger partial charge in [-0.1, -0.05) is 0 Å². The van der Waals surface area contributed by atoms with Gasteiger partial charge in [0.1, 0.15) is 18.1 Å². The van der Waals surface area contributed by atoms with Gasteiger partial charge in [-0.3, -0.25) is 0 Å². The molecule has 0 aliphatic rings. The van der Waals surface area contributed by atoms with E-state index in [2.05, 4.69) is 4.98 Å². The monoisotopic (exact) mass is 273 g/mol. The first-order chi connectivity index (χ1) is 8.33. The van der Waals surface area contributed by atoms with Gasteiger partial charge in [0, 0.05) is 0 Å². The zero-order valence-corrected chi connectivity index (χ0v) is 11.0. The molecule has 0 radical (unpaired) electrons. The number of hydrogen-bond acceptors (Lipinski definition) is 5. The van der Waals surface area contributed by atoms with Crippen molar-refractivity contribution in [3.63, 3.8) is 0 Å². The van der Waals surface area contributed by atoms with Crippen LogP contribution in [0.4, 0.5) is 0 Å². The molecule has 1 rings (SSSR count). The highest BCUT2D eigenvalue weighted by atomic mass is 32.2. The van der Waals surface area contributed by atoms with Crippen LogP contribution in [0.5, 0.6) is 5.75 Å². The molecule has 0 saturated heterocycles. The van der Waals surface area contributed by atoms with Crippen molar-refractivity contribution in [3.8, 4) is 5.75 Å². The van der Waals surface area contributed by atoms with Crippen molar-refractivity contribution < 1.29 is 23.1 Å². The molecule has 0 saturated carbocycles. The predicted molar refractivity (Wildman–Crippen MR) is 65.6 cm³/mol. The summed E-state index contributed by atoms with van der Waals surface area (Å²) in [6.45, 7) is 3.24. The molecule has 6 nitrogen and oxygen atoms in total. The molecule has 0 fully saturated rings. The molecule has 1 N–H and O–H groups in total. The van der Waals surface area contributed by atoms with Crippen LogP contribution >= 0.6 is 0 Å². The molecule has 1 aromatic heterocycles. The quantitative estimate of drug-likeness (QED) is 0.830. The molecule has 0 aromatic carbocycles. The minimum atomic E-state index is -3.13. The van der Waals surface area contributed by atoms with E-state index in [9.17, 15) is 13.2 Å². The molecule has 0 amide bonds. The molecule has 1 aromatic rings. The van der Waals surface area contributed by atoms with Crippen LogP contribution in [0.25, 0.3) is 0 Å². The fraction of sp³-hybridized carbons (Fsp3) is 0.455. The number of nitrogens with zero attached hydrogens (tertiary/aromatic N) is 1. The molecule has 0 bridgehead atoms. The van der Waals surface area contributed by atoms with E-state index in [-0.39, 0.29) is 18.1 Å². The van der Waals surface area contributed by atoms with Gasteiger partial charge < -0.3 is 9.84 Å². The number of carbonyl (C=O) groups is 1. The van der Waals surface area contributed by atoms with E-state index in [1.807, 2.05) is 0 Å². The molecule has 18 heavy (non-hydrogen) atoms. The molecule has 0 atom stereocenters. The normalized spacial score (nSPS) is 11.5. The van der Waals surface area contributed by atoms with E-state index in [1.165, 1.54) is 18.3 Å². The summed E-state index contributed by atoms with van der Waals surface area (Å²) in [5.41, 5.74) is -0.0860. The van der Waals surface area contributed by atoms with E-state index in [0.29, 0.717) is 5.75 Å². The molecule has 100 valence electrons. The summed E-state index contributed by atoms with van der Waals surface area (Å²) >= 11 is 0. The fourth-order valence-corrected chi connectivity index (χ4v) is 1.89. The van der Waals surface area contributed by atoms with Crippen molar-refractivity contribution in [1.29, 1.82) is 0 Å². The van der Waals surface area contributed by atoms with Gasteiger partial charge in [-0.25, -0.2) is 18.2 Å². The SMILES string of the molecule is CC(C)S(=O)(=O)CCOc1ccc(C(=O)O)nc1. The van der Waals surface area contributed by atoms with Gasteiger partial charge in [-0.2, -0.15) is 0 Å². The Labute approximate surface area is 106 Å². The lowest BCUT2D eigenvalue weighted by Crippen LogP contribution is -2.22. The highest BCUT2D eigenvalue weighted by Gasteiger charge is 2.15. The third kappa shape index (κ3) is 3.99. The standard InChI is InChI=1S/C11H15NO5S/c1-8(2)18(15,16)6-5-17-9-3-4-10(11(13)14)12-7-9/h3-4,7-8H,5-6H2,1-2H3,(H,13,14). The second-order valence-corrected chi connectivity index (χ2v) is 6.63. The summed E-state index contributed by atoms with van der Waals surface area (Å²) in [5.74, 6) is -0.853. The van der Waals surface area contributed by atoms with E-state index >= 15 is 0 Å². The number of aromatic carboxylic acids is 1. The number of carboxylic acid groups (broad SMARTS) is 1. The summed E-state index contributed by atoms with van der Waals surface area (Å²) in [4.78, 5) is 14.2. The van der Waals surface area contributed by atoms with E-state index < -0.39 is 21.1 Å². The Morgan fingerprint density at radius 1 is 1.44 bits per heavy atom. The number of sulfone groups is 1. The molecule has 1 heterocycles. The first kappa shape index (κ1) is 14.4. The largest absolute Gasteiger partial charge is 0.491 e. The number of ether oxygens (including phenoxy) is 1. The maximum absolute atomic E-state index is 11.5. The lowest BCUT2D eigenvalue weighted by Gasteiger charge is -2.09. The van der Waals surface area contributed by atoms with Crippen LogP contribution in [0.3, 0.4) is 0 Å². The maximum Gasteiger partial charge on any atom is 0.354 e. The molecule has 0 spiro atoms. The average molecular weight is 273 g/mol. The van der Waals surface area contributed by atoms with Crippen molar-refractivity contribution in [2.75, 3.05) is 12.4 Å². The summed E-state index contributed by atoms with van der Waals surface area (Å²) in [7, 11) is -3.13. The predicted octanol–water partition coefficient (Wildman–Crippen LogP) is 0.982. The van der Waals surface area contributed by atoms with Gasteiger partial charge in [-0.05, 0) is 26.0 Å². The van der Waals surface area contributed by atoms with E-state index in [4.69, 9.17) is 9.84 Å². The third-order valence-corrected chi connectivity index (χ3v) is 4.48. The van der Waals surface area contributed by atoms with E-state index in [0.717, 1.165) is 0 Å². The molecular formula is C11H15NO5S.